The number of rotatable bonds is 9. The van der Waals surface area contributed by atoms with Gasteiger partial charge in [0.15, 0.2) is 5.69 Å². The molecule has 0 spiro atoms. The minimum absolute atomic E-state index is 0.124. The number of carbonyl (C=O) groups is 2. The standard InChI is InChI=1S/C29H29N3O3/c1-3-35-29(34)27-20-21(2)32(31-27)25-16-14-24(15-17-25)28(33)30-19-18-26(22-10-6-4-7-11-22)23-12-8-5-9-13-23/h4-17,20,26H,3,18-19H2,1-2H3,(H,30,33). The van der Waals surface area contributed by atoms with Crippen LogP contribution >= 0.6 is 0 Å². The Bertz CT molecular complexity index is 1230. The predicted molar refractivity (Wildman–Crippen MR) is 136 cm³/mol. The molecule has 178 valence electrons. The Kier molecular flexibility index (Phi) is 7.73. The van der Waals surface area contributed by atoms with Crippen molar-refractivity contribution in [2.45, 2.75) is 26.2 Å². The smallest absolute Gasteiger partial charge is 0.358 e. The minimum Gasteiger partial charge on any atom is -0.461 e. The van der Waals surface area contributed by atoms with Gasteiger partial charge in [-0.1, -0.05) is 60.7 Å². The van der Waals surface area contributed by atoms with Crippen LogP contribution in [-0.2, 0) is 4.74 Å². The van der Waals surface area contributed by atoms with E-state index in [1.165, 1.54) is 11.1 Å². The van der Waals surface area contributed by atoms with Gasteiger partial charge in [-0.05, 0) is 61.7 Å². The number of carbonyl (C=O) groups excluding carboxylic acids is 2. The first-order chi connectivity index (χ1) is 17.1. The van der Waals surface area contributed by atoms with Crippen LogP contribution in [0.1, 0.15) is 56.9 Å². The zero-order chi connectivity index (χ0) is 24.6. The van der Waals surface area contributed by atoms with Gasteiger partial charge in [-0.2, -0.15) is 5.10 Å². The van der Waals surface area contributed by atoms with Gasteiger partial charge in [0, 0.05) is 23.7 Å². The van der Waals surface area contributed by atoms with Gasteiger partial charge in [-0.25, -0.2) is 9.48 Å². The van der Waals surface area contributed by atoms with Gasteiger partial charge >= 0.3 is 5.97 Å². The molecule has 0 radical (unpaired) electrons. The summed E-state index contributed by atoms with van der Waals surface area (Å²) in [4.78, 5) is 24.7. The van der Waals surface area contributed by atoms with Crippen LogP contribution in [0.4, 0.5) is 0 Å². The van der Waals surface area contributed by atoms with Crippen LogP contribution in [0.25, 0.3) is 5.69 Å². The molecule has 0 aliphatic carbocycles. The van der Waals surface area contributed by atoms with Crippen LogP contribution in [0.3, 0.4) is 0 Å². The van der Waals surface area contributed by atoms with E-state index in [-0.39, 0.29) is 17.5 Å². The highest BCUT2D eigenvalue weighted by molar-refractivity contribution is 5.94. The summed E-state index contributed by atoms with van der Waals surface area (Å²) in [7, 11) is 0. The number of nitrogens with zero attached hydrogens (tertiary/aromatic N) is 2. The van der Waals surface area contributed by atoms with E-state index in [1.54, 1.807) is 29.8 Å². The van der Waals surface area contributed by atoms with E-state index in [4.69, 9.17) is 4.74 Å². The molecule has 0 aliphatic heterocycles. The topological polar surface area (TPSA) is 73.2 Å². The molecule has 6 heteroatoms. The summed E-state index contributed by atoms with van der Waals surface area (Å²) in [6.45, 7) is 4.48. The van der Waals surface area contributed by atoms with E-state index in [9.17, 15) is 9.59 Å². The maximum Gasteiger partial charge on any atom is 0.358 e. The average Bonchev–Trinajstić information content (AvgIpc) is 3.29. The van der Waals surface area contributed by atoms with E-state index in [0.717, 1.165) is 17.8 Å². The van der Waals surface area contributed by atoms with E-state index < -0.39 is 5.97 Å². The number of nitrogens with one attached hydrogen (secondary N) is 1. The number of aryl methyl sites for hydroxylation is 1. The molecule has 1 N–H and O–H groups in total. The van der Waals surface area contributed by atoms with Crippen LogP contribution in [0.2, 0.25) is 0 Å². The summed E-state index contributed by atoms with van der Waals surface area (Å²) < 4.78 is 6.69. The Morgan fingerprint density at radius 3 is 2.09 bits per heavy atom. The molecule has 0 unspecified atom stereocenters. The van der Waals surface area contributed by atoms with Crippen molar-refractivity contribution in [3.05, 3.63) is 119 Å². The summed E-state index contributed by atoms with van der Waals surface area (Å²) in [5.74, 6) is -0.369. The Morgan fingerprint density at radius 1 is 0.914 bits per heavy atom. The van der Waals surface area contributed by atoms with Crippen molar-refractivity contribution >= 4 is 11.9 Å². The van der Waals surface area contributed by atoms with Gasteiger partial charge < -0.3 is 10.1 Å². The Morgan fingerprint density at radius 2 is 1.51 bits per heavy atom. The van der Waals surface area contributed by atoms with E-state index in [1.807, 2.05) is 55.5 Å². The fourth-order valence-corrected chi connectivity index (χ4v) is 4.12. The largest absolute Gasteiger partial charge is 0.461 e. The van der Waals surface area contributed by atoms with E-state index >= 15 is 0 Å². The molecule has 0 aliphatic rings. The summed E-state index contributed by atoms with van der Waals surface area (Å²) in [5.41, 5.74) is 4.86. The molecule has 0 saturated heterocycles. The molecule has 1 heterocycles. The van der Waals surface area contributed by atoms with Crippen LogP contribution in [-0.4, -0.2) is 34.8 Å². The van der Waals surface area contributed by atoms with Crippen molar-refractivity contribution in [1.82, 2.24) is 15.1 Å². The van der Waals surface area contributed by atoms with Crippen molar-refractivity contribution in [1.29, 1.82) is 0 Å². The Hall–Kier alpha value is -4.19. The van der Waals surface area contributed by atoms with Gasteiger partial charge in [0.2, 0.25) is 0 Å². The maximum atomic E-state index is 12.8. The number of ether oxygens (including phenoxy) is 1. The number of hydrogen-bond acceptors (Lipinski definition) is 4. The lowest BCUT2D eigenvalue weighted by molar-refractivity contribution is 0.0518. The number of benzene rings is 3. The molecule has 1 amide bonds. The summed E-state index contributed by atoms with van der Waals surface area (Å²) >= 11 is 0. The van der Waals surface area contributed by atoms with E-state index in [2.05, 4.69) is 34.7 Å². The second-order valence-corrected chi connectivity index (χ2v) is 8.27. The van der Waals surface area contributed by atoms with Crippen molar-refractivity contribution in [3.63, 3.8) is 0 Å². The zero-order valence-electron chi connectivity index (χ0n) is 20.0. The molecule has 35 heavy (non-hydrogen) atoms. The Labute approximate surface area is 205 Å². The third-order valence-electron chi connectivity index (χ3n) is 5.87. The quantitative estimate of drug-likeness (QED) is 0.339. The van der Waals surface area contributed by atoms with Crippen LogP contribution in [0.5, 0.6) is 0 Å². The van der Waals surface area contributed by atoms with Gasteiger partial charge in [0.1, 0.15) is 0 Å². The van der Waals surface area contributed by atoms with Crippen molar-refractivity contribution in [2.24, 2.45) is 0 Å². The summed E-state index contributed by atoms with van der Waals surface area (Å²) in [6.07, 6.45) is 0.793. The second-order valence-electron chi connectivity index (χ2n) is 8.27. The predicted octanol–water partition coefficient (Wildman–Crippen LogP) is 5.31. The number of esters is 1. The first kappa shape index (κ1) is 24.0. The van der Waals surface area contributed by atoms with Gasteiger partial charge in [-0.15, -0.1) is 0 Å². The van der Waals surface area contributed by atoms with Crippen molar-refractivity contribution < 1.29 is 14.3 Å². The third kappa shape index (κ3) is 5.84. The lowest BCUT2D eigenvalue weighted by Crippen LogP contribution is -2.25. The van der Waals surface area contributed by atoms with Gasteiger partial charge in [0.25, 0.3) is 5.91 Å². The van der Waals surface area contributed by atoms with Crippen LogP contribution < -0.4 is 5.32 Å². The fraction of sp³-hybridized carbons (Fsp3) is 0.207. The third-order valence-corrected chi connectivity index (χ3v) is 5.87. The molecule has 6 nitrogen and oxygen atoms in total. The highest BCUT2D eigenvalue weighted by atomic mass is 16.5. The Balaban J connectivity index is 1.40. The van der Waals surface area contributed by atoms with Gasteiger partial charge in [-0.3, -0.25) is 4.79 Å². The molecule has 0 atom stereocenters. The minimum atomic E-state index is -0.449. The lowest BCUT2D eigenvalue weighted by Gasteiger charge is -2.18. The lowest BCUT2D eigenvalue weighted by atomic mass is 9.88. The highest BCUT2D eigenvalue weighted by Gasteiger charge is 2.16. The van der Waals surface area contributed by atoms with Crippen molar-refractivity contribution in [3.8, 4) is 5.69 Å². The first-order valence-electron chi connectivity index (χ1n) is 11.8. The summed E-state index contributed by atoms with van der Waals surface area (Å²) in [5, 5.41) is 7.39. The molecule has 4 aromatic rings. The molecular formula is C29H29N3O3. The highest BCUT2D eigenvalue weighted by Crippen LogP contribution is 2.27. The van der Waals surface area contributed by atoms with Crippen molar-refractivity contribution in [2.75, 3.05) is 13.2 Å². The average molecular weight is 468 g/mol. The molecular weight excluding hydrogens is 438 g/mol. The first-order valence-corrected chi connectivity index (χ1v) is 11.8. The fourth-order valence-electron chi connectivity index (χ4n) is 4.12. The maximum absolute atomic E-state index is 12.8. The van der Waals surface area contributed by atoms with Crippen LogP contribution in [0, 0.1) is 6.92 Å². The van der Waals surface area contributed by atoms with E-state index in [0.29, 0.717) is 18.7 Å². The summed E-state index contributed by atoms with van der Waals surface area (Å²) in [6, 6.07) is 29.6. The second kappa shape index (κ2) is 11.3. The molecule has 0 saturated carbocycles. The zero-order valence-corrected chi connectivity index (χ0v) is 20.0. The number of hydrogen-bond donors (Lipinski definition) is 1. The normalized spacial score (nSPS) is 10.8. The molecule has 0 fully saturated rings. The van der Waals surface area contributed by atoms with Crippen LogP contribution in [0.15, 0.2) is 91.0 Å². The molecule has 1 aromatic heterocycles. The monoisotopic (exact) mass is 467 g/mol. The molecule has 0 bridgehead atoms. The van der Waals surface area contributed by atoms with Gasteiger partial charge in [0.05, 0.1) is 12.3 Å². The number of aromatic nitrogens is 2. The molecule has 3 aromatic carbocycles. The SMILES string of the molecule is CCOC(=O)c1cc(C)n(-c2ccc(C(=O)NCCC(c3ccccc3)c3ccccc3)cc2)n1. The number of amides is 1. The molecule has 4 rings (SSSR count).